The fourth-order valence-electron chi connectivity index (χ4n) is 3.81. The number of pyridine rings is 1. The van der Waals surface area contributed by atoms with Gasteiger partial charge in [0.15, 0.2) is 0 Å². The molecule has 0 spiro atoms. The van der Waals surface area contributed by atoms with E-state index in [-0.39, 0.29) is 11.3 Å². The zero-order chi connectivity index (χ0) is 23.5. The maximum absolute atomic E-state index is 13.6. The van der Waals surface area contributed by atoms with E-state index in [1.807, 2.05) is 37.3 Å². The molecule has 0 atom stereocenters. The van der Waals surface area contributed by atoms with Crippen molar-refractivity contribution in [3.05, 3.63) is 88.7 Å². The molecule has 0 fully saturated rings. The smallest absolute Gasteiger partial charge is 0.263 e. The van der Waals surface area contributed by atoms with E-state index in [9.17, 15) is 14.7 Å². The Morgan fingerprint density at radius 1 is 0.970 bits per heavy atom. The van der Waals surface area contributed by atoms with Crippen molar-refractivity contribution in [2.45, 2.75) is 6.92 Å². The SMILES string of the molecule is CCN(C(=O)c1cn(-c2cc(OC)cc(OC)c2)c2cc(O)ccc2c1=O)c1ccccc1. The minimum Gasteiger partial charge on any atom is -0.508 e. The van der Waals surface area contributed by atoms with Gasteiger partial charge in [-0.05, 0) is 31.2 Å². The molecule has 0 aliphatic rings. The number of phenolic OH excluding ortho intramolecular Hbond substituents is 1. The minimum atomic E-state index is -0.410. The lowest BCUT2D eigenvalue weighted by molar-refractivity contribution is 0.0987. The van der Waals surface area contributed by atoms with Gasteiger partial charge in [-0.25, -0.2) is 0 Å². The summed E-state index contributed by atoms with van der Waals surface area (Å²) in [7, 11) is 3.09. The number of aromatic hydroxyl groups is 1. The first-order chi connectivity index (χ1) is 16.0. The third-order valence-corrected chi connectivity index (χ3v) is 5.46. The van der Waals surface area contributed by atoms with Crippen molar-refractivity contribution in [2.75, 3.05) is 25.7 Å². The number of benzene rings is 3. The summed E-state index contributed by atoms with van der Waals surface area (Å²) in [6.07, 6.45) is 1.51. The molecule has 33 heavy (non-hydrogen) atoms. The third kappa shape index (κ3) is 4.13. The molecular formula is C26H24N2O5. The van der Waals surface area contributed by atoms with E-state index in [1.165, 1.54) is 24.4 Å². The van der Waals surface area contributed by atoms with Gasteiger partial charge >= 0.3 is 0 Å². The summed E-state index contributed by atoms with van der Waals surface area (Å²) in [6, 6.07) is 18.9. The molecule has 0 bridgehead atoms. The van der Waals surface area contributed by atoms with Gasteiger partial charge in [0.25, 0.3) is 5.91 Å². The number of anilines is 1. The van der Waals surface area contributed by atoms with E-state index < -0.39 is 11.3 Å². The van der Waals surface area contributed by atoms with Crippen LogP contribution in [0.1, 0.15) is 17.3 Å². The number of rotatable bonds is 6. The number of fused-ring (bicyclic) bond motifs is 1. The highest BCUT2D eigenvalue weighted by Gasteiger charge is 2.22. The number of amides is 1. The first kappa shape index (κ1) is 22.0. The van der Waals surface area contributed by atoms with Crippen LogP contribution in [0.25, 0.3) is 16.6 Å². The van der Waals surface area contributed by atoms with Crippen LogP contribution >= 0.6 is 0 Å². The molecule has 1 amide bonds. The Labute approximate surface area is 191 Å². The lowest BCUT2D eigenvalue weighted by Gasteiger charge is -2.22. The Morgan fingerprint density at radius 2 is 1.64 bits per heavy atom. The topological polar surface area (TPSA) is 81.0 Å². The first-order valence-electron chi connectivity index (χ1n) is 10.5. The Kier molecular flexibility index (Phi) is 6.04. The summed E-state index contributed by atoms with van der Waals surface area (Å²) in [4.78, 5) is 28.5. The second-order valence-electron chi connectivity index (χ2n) is 7.40. The molecule has 0 radical (unpaired) electrons. The predicted octanol–water partition coefficient (Wildman–Crippen LogP) is 4.38. The van der Waals surface area contributed by atoms with Gasteiger partial charge in [-0.2, -0.15) is 0 Å². The van der Waals surface area contributed by atoms with E-state index in [2.05, 4.69) is 0 Å². The largest absolute Gasteiger partial charge is 0.508 e. The van der Waals surface area contributed by atoms with Crippen LogP contribution in [-0.2, 0) is 0 Å². The first-order valence-corrected chi connectivity index (χ1v) is 10.5. The fourth-order valence-corrected chi connectivity index (χ4v) is 3.81. The summed E-state index contributed by atoms with van der Waals surface area (Å²) in [5, 5.41) is 10.4. The Bertz CT molecular complexity index is 1360. The number of hydrogen-bond acceptors (Lipinski definition) is 5. The summed E-state index contributed by atoms with van der Waals surface area (Å²) >= 11 is 0. The van der Waals surface area contributed by atoms with Gasteiger partial charge in [-0.3, -0.25) is 9.59 Å². The molecule has 0 aliphatic carbocycles. The molecule has 0 saturated carbocycles. The summed E-state index contributed by atoms with van der Waals surface area (Å²) < 4.78 is 12.5. The number of nitrogens with zero attached hydrogens (tertiary/aromatic N) is 2. The van der Waals surface area contributed by atoms with E-state index in [4.69, 9.17) is 9.47 Å². The van der Waals surface area contributed by atoms with Crippen LogP contribution in [0.2, 0.25) is 0 Å². The van der Waals surface area contributed by atoms with Gasteiger partial charge in [0.2, 0.25) is 5.43 Å². The van der Waals surface area contributed by atoms with Gasteiger partial charge < -0.3 is 24.0 Å². The van der Waals surface area contributed by atoms with Crippen molar-refractivity contribution in [1.29, 1.82) is 0 Å². The number of aromatic nitrogens is 1. The normalized spacial score (nSPS) is 10.8. The lowest BCUT2D eigenvalue weighted by atomic mass is 10.1. The molecule has 0 saturated heterocycles. The third-order valence-electron chi connectivity index (χ3n) is 5.46. The van der Waals surface area contributed by atoms with Gasteiger partial charge in [-0.15, -0.1) is 0 Å². The second-order valence-corrected chi connectivity index (χ2v) is 7.40. The quantitative estimate of drug-likeness (QED) is 0.477. The zero-order valence-corrected chi connectivity index (χ0v) is 18.6. The van der Waals surface area contributed by atoms with Crippen molar-refractivity contribution in [3.8, 4) is 22.9 Å². The molecule has 3 aromatic carbocycles. The van der Waals surface area contributed by atoms with Gasteiger partial charge in [-0.1, -0.05) is 18.2 Å². The van der Waals surface area contributed by atoms with E-state index in [0.29, 0.717) is 40.3 Å². The maximum atomic E-state index is 13.6. The molecular weight excluding hydrogens is 420 g/mol. The van der Waals surface area contributed by atoms with Gasteiger partial charge in [0, 0.05) is 48.1 Å². The number of phenols is 1. The monoisotopic (exact) mass is 444 g/mol. The lowest BCUT2D eigenvalue weighted by Crippen LogP contribution is -2.34. The standard InChI is InChI=1S/C26H24N2O5/c1-4-27(17-8-6-5-7-9-17)26(31)23-16-28(18-12-20(32-2)15-21(13-18)33-3)24-14-19(29)10-11-22(24)25(23)30/h5-16,29H,4H2,1-3H3. The summed E-state index contributed by atoms with van der Waals surface area (Å²) in [6.45, 7) is 2.25. The van der Waals surface area contributed by atoms with E-state index in [0.717, 1.165) is 0 Å². The predicted molar refractivity (Wildman–Crippen MR) is 128 cm³/mol. The van der Waals surface area contributed by atoms with E-state index >= 15 is 0 Å². The van der Waals surface area contributed by atoms with Crippen LogP contribution in [0.4, 0.5) is 5.69 Å². The number of methoxy groups -OCH3 is 2. The van der Waals surface area contributed by atoms with Crippen molar-refractivity contribution in [3.63, 3.8) is 0 Å². The van der Waals surface area contributed by atoms with Crippen LogP contribution in [0, 0.1) is 0 Å². The van der Waals surface area contributed by atoms with Crippen LogP contribution in [0.15, 0.2) is 77.7 Å². The highest BCUT2D eigenvalue weighted by molar-refractivity contribution is 6.07. The molecule has 1 N–H and O–H groups in total. The maximum Gasteiger partial charge on any atom is 0.263 e. The zero-order valence-electron chi connectivity index (χ0n) is 18.6. The van der Waals surface area contributed by atoms with Crippen LogP contribution < -0.4 is 19.8 Å². The highest BCUT2D eigenvalue weighted by Crippen LogP contribution is 2.29. The molecule has 0 unspecified atom stereocenters. The Hall–Kier alpha value is -4.26. The van der Waals surface area contributed by atoms with Crippen LogP contribution in [-0.4, -0.2) is 36.3 Å². The highest BCUT2D eigenvalue weighted by atomic mass is 16.5. The Balaban J connectivity index is 1.99. The van der Waals surface area contributed by atoms with Gasteiger partial charge in [0.1, 0.15) is 22.8 Å². The molecule has 4 aromatic rings. The van der Waals surface area contributed by atoms with Crippen molar-refractivity contribution in [2.24, 2.45) is 0 Å². The van der Waals surface area contributed by atoms with Crippen molar-refractivity contribution < 1.29 is 19.4 Å². The number of ether oxygens (including phenoxy) is 2. The van der Waals surface area contributed by atoms with E-state index in [1.54, 1.807) is 41.9 Å². The number of para-hydroxylation sites is 1. The van der Waals surface area contributed by atoms with Crippen LogP contribution in [0.5, 0.6) is 17.2 Å². The molecule has 7 heteroatoms. The molecule has 7 nitrogen and oxygen atoms in total. The fraction of sp³-hybridized carbons (Fsp3) is 0.154. The molecule has 1 heterocycles. The summed E-state index contributed by atoms with van der Waals surface area (Å²) in [5.74, 6) is 0.684. The van der Waals surface area contributed by atoms with Gasteiger partial charge in [0.05, 0.1) is 25.4 Å². The number of carbonyl (C=O) groups is 1. The number of hydrogen-bond donors (Lipinski definition) is 1. The van der Waals surface area contributed by atoms with Crippen molar-refractivity contribution >= 4 is 22.5 Å². The van der Waals surface area contributed by atoms with Crippen LogP contribution in [0.3, 0.4) is 0 Å². The van der Waals surface area contributed by atoms with Crippen molar-refractivity contribution in [1.82, 2.24) is 4.57 Å². The average Bonchev–Trinajstić information content (AvgIpc) is 2.84. The number of carbonyl (C=O) groups excluding carboxylic acids is 1. The molecule has 1 aromatic heterocycles. The average molecular weight is 444 g/mol. The summed E-state index contributed by atoms with van der Waals surface area (Å²) in [5.41, 5.74) is 1.37. The molecule has 168 valence electrons. The molecule has 4 rings (SSSR count). The molecule has 0 aliphatic heterocycles. The Morgan fingerprint density at radius 3 is 2.24 bits per heavy atom. The second kappa shape index (κ2) is 9.08. The minimum absolute atomic E-state index is 0.00376.